The molecule has 0 fully saturated rings. The summed E-state index contributed by atoms with van der Waals surface area (Å²) in [6, 6.07) is 10.2. The van der Waals surface area contributed by atoms with E-state index in [0.717, 1.165) is 12.0 Å². The van der Waals surface area contributed by atoms with E-state index in [1.807, 2.05) is 6.92 Å². The van der Waals surface area contributed by atoms with Crippen molar-refractivity contribution in [3.05, 3.63) is 53.9 Å². The van der Waals surface area contributed by atoms with Gasteiger partial charge >= 0.3 is 0 Å². The summed E-state index contributed by atoms with van der Waals surface area (Å²) in [6.07, 6.45) is 4.43. The molecule has 0 aliphatic heterocycles. The monoisotopic (exact) mass is 329 g/mol. The molecular formula is C18H23N3OS. The van der Waals surface area contributed by atoms with E-state index in [2.05, 4.69) is 53.4 Å². The van der Waals surface area contributed by atoms with Crippen LogP contribution in [-0.4, -0.2) is 21.6 Å². The molecule has 2 aromatic rings. The Morgan fingerprint density at radius 3 is 2.39 bits per heavy atom. The second kappa shape index (κ2) is 8.67. The molecule has 0 unspecified atom stereocenters. The van der Waals surface area contributed by atoms with Gasteiger partial charge in [-0.25, -0.2) is 9.97 Å². The molecule has 1 aromatic carbocycles. The normalized spacial score (nSPS) is 12.2. The first-order chi connectivity index (χ1) is 11.0. The number of nitrogens with one attached hydrogen (secondary N) is 1. The lowest BCUT2D eigenvalue weighted by Crippen LogP contribution is -2.28. The Hall–Kier alpha value is -1.88. The Bertz CT molecular complexity index is 614. The van der Waals surface area contributed by atoms with Crippen molar-refractivity contribution < 1.29 is 4.79 Å². The number of aromatic nitrogens is 2. The summed E-state index contributed by atoms with van der Waals surface area (Å²) in [5.41, 5.74) is 2.45. The van der Waals surface area contributed by atoms with Crippen molar-refractivity contribution in [2.75, 3.05) is 5.75 Å². The topological polar surface area (TPSA) is 54.9 Å². The number of rotatable bonds is 7. The Balaban J connectivity index is 1.83. The van der Waals surface area contributed by atoms with Gasteiger partial charge in [-0.2, -0.15) is 0 Å². The number of hydrogen-bond acceptors (Lipinski definition) is 4. The molecule has 122 valence electrons. The standard InChI is InChI=1S/C18H23N3OS/c1-13(2)11-15-5-7-16(8-6-15)14(3)21-17(22)12-23-18-19-9-4-10-20-18/h4-10,13-14H,11-12H2,1-3H3,(H,21,22)/t14-/m1/s1. The highest BCUT2D eigenvalue weighted by molar-refractivity contribution is 7.99. The predicted molar refractivity (Wildman–Crippen MR) is 94.3 cm³/mol. The van der Waals surface area contributed by atoms with E-state index in [1.54, 1.807) is 18.5 Å². The highest BCUT2D eigenvalue weighted by atomic mass is 32.2. The number of benzene rings is 1. The number of amides is 1. The van der Waals surface area contributed by atoms with E-state index >= 15 is 0 Å². The van der Waals surface area contributed by atoms with Crippen molar-refractivity contribution in [3.8, 4) is 0 Å². The number of carbonyl (C=O) groups is 1. The van der Waals surface area contributed by atoms with Crippen molar-refractivity contribution >= 4 is 17.7 Å². The molecule has 0 bridgehead atoms. The largest absolute Gasteiger partial charge is 0.349 e. The Morgan fingerprint density at radius 2 is 1.78 bits per heavy atom. The van der Waals surface area contributed by atoms with Crippen LogP contribution in [0.1, 0.15) is 37.9 Å². The van der Waals surface area contributed by atoms with Gasteiger partial charge in [0.1, 0.15) is 0 Å². The minimum absolute atomic E-state index is 0.00658. The first kappa shape index (κ1) is 17.5. The van der Waals surface area contributed by atoms with Crippen LogP contribution in [-0.2, 0) is 11.2 Å². The molecule has 1 heterocycles. The van der Waals surface area contributed by atoms with Crippen molar-refractivity contribution in [1.82, 2.24) is 15.3 Å². The first-order valence-corrected chi connectivity index (χ1v) is 8.81. The van der Waals surface area contributed by atoms with Crippen LogP contribution in [0.15, 0.2) is 47.9 Å². The molecule has 0 radical (unpaired) electrons. The van der Waals surface area contributed by atoms with Gasteiger partial charge in [0.2, 0.25) is 5.91 Å². The lowest BCUT2D eigenvalue weighted by Gasteiger charge is -2.15. The third kappa shape index (κ3) is 6.02. The number of carbonyl (C=O) groups excluding carboxylic acids is 1. The number of thioether (sulfide) groups is 1. The fourth-order valence-corrected chi connectivity index (χ4v) is 2.88. The summed E-state index contributed by atoms with van der Waals surface area (Å²) in [4.78, 5) is 20.2. The van der Waals surface area contributed by atoms with Crippen LogP contribution < -0.4 is 5.32 Å². The van der Waals surface area contributed by atoms with Gasteiger partial charge in [-0.15, -0.1) is 0 Å². The van der Waals surface area contributed by atoms with E-state index < -0.39 is 0 Å². The predicted octanol–water partition coefficient (Wildman–Crippen LogP) is 3.64. The average Bonchev–Trinajstić information content (AvgIpc) is 2.54. The maximum atomic E-state index is 12.0. The first-order valence-electron chi connectivity index (χ1n) is 7.82. The summed E-state index contributed by atoms with van der Waals surface area (Å²) in [6.45, 7) is 6.43. The number of hydrogen-bond donors (Lipinski definition) is 1. The highest BCUT2D eigenvalue weighted by Gasteiger charge is 2.10. The van der Waals surface area contributed by atoms with Gasteiger partial charge < -0.3 is 5.32 Å². The highest BCUT2D eigenvalue weighted by Crippen LogP contribution is 2.16. The van der Waals surface area contributed by atoms with Gasteiger partial charge in [0.05, 0.1) is 11.8 Å². The molecule has 0 spiro atoms. The second-order valence-corrected chi connectivity index (χ2v) is 6.89. The molecule has 5 heteroatoms. The van der Waals surface area contributed by atoms with Crippen LogP contribution in [0, 0.1) is 5.92 Å². The molecule has 1 aromatic heterocycles. The Kier molecular flexibility index (Phi) is 6.59. The van der Waals surface area contributed by atoms with Gasteiger partial charge in [0, 0.05) is 12.4 Å². The fraction of sp³-hybridized carbons (Fsp3) is 0.389. The lowest BCUT2D eigenvalue weighted by atomic mass is 10.00. The summed E-state index contributed by atoms with van der Waals surface area (Å²) in [7, 11) is 0. The zero-order valence-electron chi connectivity index (χ0n) is 13.8. The van der Waals surface area contributed by atoms with E-state index in [0.29, 0.717) is 16.8 Å². The number of nitrogens with zero attached hydrogens (tertiary/aromatic N) is 2. The summed E-state index contributed by atoms with van der Waals surface area (Å²) in [5.74, 6) is 0.955. The van der Waals surface area contributed by atoms with Gasteiger partial charge in [-0.05, 0) is 36.5 Å². The van der Waals surface area contributed by atoms with Crippen LogP contribution in [0.5, 0.6) is 0 Å². The zero-order valence-corrected chi connectivity index (χ0v) is 14.6. The third-order valence-corrected chi connectivity index (χ3v) is 4.25. The summed E-state index contributed by atoms with van der Waals surface area (Å²) >= 11 is 1.34. The van der Waals surface area contributed by atoms with Crippen LogP contribution in [0.25, 0.3) is 0 Å². The molecular weight excluding hydrogens is 306 g/mol. The van der Waals surface area contributed by atoms with Crippen molar-refractivity contribution in [2.45, 2.75) is 38.4 Å². The molecule has 1 N–H and O–H groups in total. The maximum absolute atomic E-state index is 12.0. The van der Waals surface area contributed by atoms with E-state index in [1.165, 1.54) is 17.3 Å². The van der Waals surface area contributed by atoms with Crippen molar-refractivity contribution in [3.63, 3.8) is 0 Å². The van der Waals surface area contributed by atoms with E-state index in [9.17, 15) is 4.79 Å². The maximum Gasteiger partial charge on any atom is 0.230 e. The lowest BCUT2D eigenvalue weighted by molar-refractivity contribution is -0.119. The quantitative estimate of drug-likeness (QED) is 0.622. The van der Waals surface area contributed by atoms with Crippen LogP contribution in [0.2, 0.25) is 0 Å². The Labute approximate surface area is 142 Å². The van der Waals surface area contributed by atoms with Gasteiger partial charge in [0.25, 0.3) is 0 Å². The average molecular weight is 329 g/mol. The van der Waals surface area contributed by atoms with Crippen LogP contribution >= 0.6 is 11.8 Å². The fourth-order valence-electron chi connectivity index (χ4n) is 2.27. The molecule has 0 aliphatic carbocycles. The van der Waals surface area contributed by atoms with E-state index in [-0.39, 0.29) is 11.9 Å². The van der Waals surface area contributed by atoms with Crippen molar-refractivity contribution in [2.24, 2.45) is 5.92 Å². The third-order valence-electron chi connectivity index (χ3n) is 3.38. The summed E-state index contributed by atoms with van der Waals surface area (Å²) in [5, 5.41) is 3.63. The molecule has 1 atom stereocenters. The van der Waals surface area contributed by atoms with Gasteiger partial charge in [-0.1, -0.05) is 49.9 Å². The molecule has 4 nitrogen and oxygen atoms in total. The molecule has 0 aliphatic rings. The SMILES string of the molecule is CC(C)Cc1ccc([C@@H](C)NC(=O)CSc2ncccn2)cc1. The Morgan fingerprint density at radius 1 is 1.13 bits per heavy atom. The second-order valence-electron chi connectivity index (χ2n) is 5.95. The van der Waals surface area contributed by atoms with Gasteiger partial charge in [0.15, 0.2) is 5.16 Å². The molecule has 0 saturated carbocycles. The van der Waals surface area contributed by atoms with Crippen LogP contribution in [0.4, 0.5) is 0 Å². The molecule has 2 rings (SSSR count). The molecule has 0 saturated heterocycles. The van der Waals surface area contributed by atoms with Crippen molar-refractivity contribution in [1.29, 1.82) is 0 Å². The molecule has 23 heavy (non-hydrogen) atoms. The van der Waals surface area contributed by atoms with E-state index in [4.69, 9.17) is 0 Å². The summed E-state index contributed by atoms with van der Waals surface area (Å²) < 4.78 is 0. The minimum Gasteiger partial charge on any atom is -0.349 e. The zero-order chi connectivity index (χ0) is 16.7. The molecule has 1 amide bonds. The van der Waals surface area contributed by atoms with Crippen LogP contribution in [0.3, 0.4) is 0 Å². The van der Waals surface area contributed by atoms with Gasteiger partial charge in [-0.3, -0.25) is 4.79 Å². The smallest absolute Gasteiger partial charge is 0.230 e. The minimum atomic E-state index is -0.0128.